The molecule has 0 saturated heterocycles. The Morgan fingerprint density at radius 1 is 0.867 bits per heavy atom. The van der Waals surface area contributed by atoms with Crippen LogP contribution in [0.15, 0.2) is 34.0 Å². The van der Waals surface area contributed by atoms with Gasteiger partial charge in [-0.25, -0.2) is 17.4 Å². The molecule has 30 heavy (non-hydrogen) atoms. The lowest BCUT2D eigenvalue weighted by atomic mass is 10.3. The van der Waals surface area contributed by atoms with Crippen molar-refractivity contribution in [2.24, 2.45) is 0 Å². The van der Waals surface area contributed by atoms with Crippen LogP contribution in [0, 0.1) is 0 Å². The molecule has 10 heteroatoms. The maximum absolute atomic E-state index is 11.8. The highest BCUT2D eigenvalue weighted by Crippen LogP contribution is 2.55. The van der Waals surface area contributed by atoms with Crippen molar-refractivity contribution < 1.29 is 22.3 Å². The van der Waals surface area contributed by atoms with E-state index in [1.165, 1.54) is 25.5 Å². The number of amides is 1. The molecule has 0 aromatic heterocycles. The molecule has 8 nitrogen and oxygen atoms in total. The Morgan fingerprint density at radius 3 is 1.40 bits per heavy atom. The lowest BCUT2D eigenvalue weighted by molar-refractivity contribution is -0.124. The zero-order valence-corrected chi connectivity index (χ0v) is 22.7. The number of allylic oxidation sites excluding steroid dienone is 5. The van der Waals surface area contributed by atoms with Gasteiger partial charge in [0.15, 0.2) is 0 Å². The van der Waals surface area contributed by atoms with Crippen LogP contribution in [0.2, 0.25) is 0 Å². The van der Waals surface area contributed by atoms with Crippen molar-refractivity contribution in [3.05, 3.63) is 34.0 Å². The maximum atomic E-state index is 11.8. The van der Waals surface area contributed by atoms with E-state index >= 15 is 0 Å². The fraction of sp³-hybridized carbons (Fsp3) is 0.650. The number of nitrogens with zero attached hydrogens (tertiary/aromatic N) is 3. The molecule has 1 atom stereocenters. The van der Waals surface area contributed by atoms with Crippen molar-refractivity contribution in [3.63, 3.8) is 0 Å². The van der Waals surface area contributed by atoms with Crippen LogP contribution in [-0.4, -0.2) is 77.6 Å². The average Bonchev–Trinajstić information content (AvgIpc) is 2.70. The molecule has 0 fully saturated rings. The van der Waals surface area contributed by atoms with Gasteiger partial charge in [0, 0.05) is 46.2 Å². The molecule has 0 N–H and O–H groups in total. The summed E-state index contributed by atoms with van der Waals surface area (Å²) in [6.07, 6.45) is 5.20. The first-order valence-electron chi connectivity index (χ1n) is 9.38. The van der Waals surface area contributed by atoms with Crippen LogP contribution in [0.5, 0.6) is 0 Å². The van der Waals surface area contributed by atoms with Crippen molar-refractivity contribution in [2.75, 3.05) is 49.4 Å². The molecule has 0 aliphatic heterocycles. The van der Waals surface area contributed by atoms with Gasteiger partial charge < -0.3 is 9.42 Å². The molecule has 0 aromatic rings. The quantitative estimate of drug-likeness (QED) is 0.431. The first kappa shape index (κ1) is 33.4. The summed E-state index contributed by atoms with van der Waals surface area (Å²) in [5.41, 5.74) is 0.792. The molecule has 0 saturated carbocycles. The van der Waals surface area contributed by atoms with Gasteiger partial charge in [0.25, 0.3) is 7.52 Å². The Balaban J connectivity index is -0.000000366. The lowest BCUT2D eigenvalue weighted by Crippen LogP contribution is -2.22. The van der Waals surface area contributed by atoms with E-state index in [0.717, 1.165) is 10.9 Å². The number of carbonyl (C=O) groups is 1. The van der Waals surface area contributed by atoms with E-state index in [1.807, 2.05) is 39.8 Å². The van der Waals surface area contributed by atoms with E-state index in [2.05, 4.69) is 0 Å². The van der Waals surface area contributed by atoms with Crippen molar-refractivity contribution in [1.82, 2.24) is 13.9 Å². The summed E-state index contributed by atoms with van der Waals surface area (Å²) in [7, 11) is 5.68. The third kappa shape index (κ3) is 11.2. The molecule has 0 rings (SSSR count). The van der Waals surface area contributed by atoms with Gasteiger partial charge in [0.2, 0.25) is 15.9 Å². The van der Waals surface area contributed by atoms with Crippen molar-refractivity contribution in [2.45, 2.75) is 41.5 Å². The smallest absolute Gasteiger partial charge is 0.296 e. The predicted octanol–water partition coefficient (Wildman–Crippen LogP) is 4.15. The number of hydrogen-bond acceptors (Lipinski definition) is 5. The molecule has 1 amide bonds. The zero-order chi connectivity index (χ0) is 24.9. The van der Waals surface area contributed by atoms with Gasteiger partial charge in [-0.2, -0.15) is 0 Å². The zero-order valence-electron chi connectivity index (χ0n) is 21.0. The Morgan fingerprint density at radius 2 is 1.30 bits per heavy atom. The van der Waals surface area contributed by atoms with Gasteiger partial charge in [-0.15, -0.1) is 0 Å². The van der Waals surface area contributed by atoms with E-state index in [1.54, 1.807) is 57.7 Å². The third-order valence-corrected chi connectivity index (χ3v) is 8.82. The Labute approximate surface area is 184 Å². The summed E-state index contributed by atoms with van der Waals surface area (Å²) in [5.74, 6) is 0.0810. The first-order valence-corrected chi connectivity index (χ1v) is 12.4. The molecule has 0 aromatic carbocycles. The molecular weight excluding hydrogens is 425 g/mol. The molecule has 0 heterocycles. The van der Waals surface area contributed by atoms with Gasteiger partial charge in [0.05, 0.1) is 4.91 Å². The van der Waals surface area contributed by atoms with Gasteiger partial charge in [0.1, 0.15) is 0 Å². The predicted molar refractivity (Wildman–Crippen MR) is 128 cm³/mol. The van der Waals surface area contributed by atoms with E-state index < -0.39 is 17.5 Å². The van der Waals surface area contributed by atoms with Crippen LogP contribution >= 0.6 is 7.52 Å². The fourth-order valence-electron chi connectivity index (χ4n) is 1.70. The normalized spacial score (nSPS) is 15.0. The second kappa shape index (κ2) is 15.5. The number of carbonyl (C=O) groups excluding carboxylic acids is 1. The third-order valence-electron chi connectivity index (χ3n) is 4.11. The second-order valence-corrected chi connectivity index (χ2v) is 12.1. The molecule has 0 bridgehead atoms. The Hall–Kier alpha value is -1.25. The monoisotopic (exact) mass is 467 g/mol. The van der Waals surface area contributed by atoms with E-state index in [0.29, 0.717) is 4.91 Å². The highest BCUT2D eigenvalue weighted by molar-refractivity contribution is 7.92. The SMILES string of the molecule is C/C=C(\C)C(=O)N(C)C.C/C=C(\C)P(=O)(OC)N(C)C.C/C=C(\C)S(=O)(=O)N(C)C. The van der Waals surface area contributed by atoms with E-state index in [4.69, 9.17) is 4.52 Å². The minimum atomic E-state index is -3.13. The van der Waals surface area contributed by atoms with Gasteiger partial charge in [-0.1, -0.05) is 18.2 Å². The summed E-state index contributed by atoms with van der Waals surface area (Å²) >= 11 is 0. The Bertz CT molecular complexity index is 767. The molecule has 0 aliphatic carbocycles. The standard InChI is InChI=1S/C7H16NO2P.C7H13NO.C6H13NO2S/c1-6-7(2)11(9,10-5)8(3)4;1-5-6(2)7(9)8(3)4;1-5-6(2)10(8,9)7(3)4/h6H,1-5H3;5H,1-4H3;5H,1-4H3/b7-6+;2*6-5+. The van der Waals surface area contributed by atoms with E-state index in [-0.39, 0.29) is 5.91 Å². The van der Waals surface area contributed by atoms with Crippen LogP contribution in [0.25, 0.3) is 0 Å². The minimum Gasteiger partial charge on any atom is -0.345 e. The van der Waals surface area contributed by atoms with Crippen LogP contribution < -0.4 is 0 Å². The molecule has 178 valence electrons. The van der Waals surface area contributed by atoms with Gasteiger partial charge >= 0.3 is 0 Å². The summed E-state index contributed by atoms with van der Waals surface area (Å²) in [5, 5.41) is 0.782. The topological polar surface area (TPSA) is 87.2 Å². The summed E-state index contributed by atoms with van der Waals surface area (Å²) in [4.78, 5) is 12.9. The molecule has 1 unspecified atom stereocenters. The molecule has 0 radical (unpaired) electrons. The van der Waals surface area contributed by atoms with Gasteiger partial charge in [-0.3, -0.25) is 9.36 Å². The van der Waals surface area contributed by atoms with Crippen LogP contribution in [-0.2, 0) is 23.9 Å². The summed E-state index contributed by atoms with van der Waals surface area (Å²) in [6.45, 7) is 10.6. The van der Waals surface area contributed by atoms with Crippen LogP contribution in [0.1, 0.15) is 41.5 Å². The number of rotatable bonds is 6. The number of sulfonamides is 1. The maximum Gasteiger partial charge on any atom is 0.296 e. The molecule has 0 spiro atoms. The minimum absolute atomic E-state index is 0.0810. The highest BCUT2D eigenvalue weighted by atomic mass is 32.2. The lowest BCUT2D eigenvalue weighted by Gasteiger charge is -2.22. The first-order chi connectivity index (χ1) is 13.5. The highest BCUT2D eigenvalue weighted by Gasteiger charge is 2.26. The largest absolute Gasteiger partial charge is 0.345 e. The summed E-state index contributed by atoms with van der Waals surface area (Å²) < 4.78 is 41.9. The van der Waals surface area contributed by atoms with Crippen LogP contribution in [0.3, 0.4) is 0 Å². The second-order valence-electron chi connectivity index (χ2n) is 6.84. The number of likely N-dealkylation sites (N-methyl/N-ethyl adjacent to an activating group) is 1. The van der Waals surface area contributed by atoms with Crippen molar-refractivity contribution >= 4 is 23.5 Å². The summed E-state index contributed by atoms with van der Waals surface area (Å²) in [6, 6.07) is 0. The molecule has 0 aliphatic rings. The van der Waals surface area contributed by atoms with Crippen molar-refractivity contribution in [3.8, 4) is 0 Å². The van der Waals surface area contributed by atoms with E-state index in [9.17, 15) is 17.8 Å². The molecular formula is C20H42N3O5PS. The average molecular weight is 468 g/mol. The van der Waals surface area contributed by atoms with Gasteiger partial charge in [-0.05, 0) is 55.6 Å². The van der Waals surface area contributed by atoms with Crippen LogP contribution in [0.4, 0.5) is 0 Å². The fourth-order valence-corrected chi connectivity index (χ4v) is 4.14. The van der Waals surface area contributed by atoms with Crippen molar-refractivity contribution in [1.29, 1.82) is 0 Å². The Kier molecular flexibility index (Phi) is 17.3. The number of hydrogen-bond donors (Lipinski definition) is 0.